The van der Waals surface area contributed by atoms with E-state index in [-0.39, 0.29) is 0 Å². The zero-order valence-corrected chi connectivity index (χ0v) is 12.9. The fourth-order valence-corrected chi connectivity index (χ4v) is 3.41. The molecule has 1 fully saturated rings. The normalized spacial score (nSPS) is 23.7. The van der Waals surface area contributed by atoms with Gasteiger partial charge in [-0.05, 0) is 35.7 Å². The Morgan fingerprint density at radius 3 is 2.42 bits per heavy atom. The van der Waals surface area contributed by atoms with Gasteiger partial charge in [0.05, 0.1) is 0 Å². The van der Waals surface area contributed by atoms with Gasteiger partial charge in [-0.2, -0.15) is 0 Å². The monoisotopic (exact) mass is 259 g/mol. The van der Waals surface area contributed by atoms with Gasteiger partial charge in [0.1, 0.15) is 0 Å². The van der Waals surface area contributed by atoms with Crippen molar-refractivity contribution in [1.29, 1.82) is 0 Å². The third-order valence-electron chi connectivity index (χ3n) is 4.87. The molecule has 0 aromatic heterocycles. The maximum Gasteiger partial charge on any atom is 0.0118 e. The van der Waals surface area contributed by atoms with E-state index in [9.17, 15) is 0 Å². The van der Waals surface area contributed by atoms with E-state index in [1.165, 1.54) is 24.8 Å². The predicted octanol–water partition coefficient (Wildman–Crippen LogP) is 4.59. The summed E-state index contributed by atoms with van der Waals surface area (Å²) in [6.45, 7) is 10.6. The topological polar surface area (TPSA) is 12.0 Å². The van der Waals surface area contributed by atoms with Gasteiger partial charge < -0.3 is 5.32 Å². The molecule has 1 aliphatic rings. The molecule has 1 aliphatic carbocycles. The average Bonchev–Trinajstić information content (AvgIpc) is 2.70. The second-order valence-electron chi connectivity index (χ2n) is 7.10. The third-order valence-corrected chi connectivity index (χ3v) is 4.87. The van der Waals surface area contributed by atoms with Gasteiger partial charge >= 0.3 is 0 Å². The van der Waals surface area contributed by atoms with Crippen molar-refractivity contribution in [2.24, 2.45) is 11.3 Å². The highest BCUT2D eigenvalue weighted by atomic mass is 14.9. The van der Waals surface area contributed by atoms with Gasteiger partial charge in [-0.3, -0.25) is 0 Å². The van der Waals surface area contributed by atoms with Crippen molar-refractivity contribution in [3.05, 3.63) is 35.9 Å². The molecule has 0 amide bonds. The van der Waals surface area contributed by atoms with E-state index in [0.29, 0.717) is 23.3 Å². The van der Waals surface area contributed by atoms with Crippen LogP contribution in [0, 0.1) is 11.3 Å². The summed E-state index contributed by atoms with van der Waals surface area (Å²) in [6.07, 6.45) is 4.08. The molecule has 1 heteroatoms. The molecule has 0 radical (unpaired) electrons. The van der Waals surface area contributed by atoms with Gasteiger partial charge in [-0.1, -0.05) is 64.4 Å². The van der Waals surface area contributed by atoms with Crippen LogP contribution in [0.1, 0.15) is 58.4 Å². The molecule has 0 spiro atoms. The van der Waals surface area contributed by atoms with Crippen molar-refractivity contribution in [2.75, 3.05) is 6.54 Å². The first-order valence-corrected chi connectivity index (χ1v) is 7.79. The molecular weight excluding hydrogens is 230 g/mol. The first-order valence-electron chi connectivity index (χ1n) is 7.79. The van der Waals surface area contributed by atoms with Crippen molar-refractivity contribution < 1.29 is 0 Å². The van der Waals surface area contributed by atoms with Crippen LogP contribution in [0.25, 0.3) is 0 Å². The van der Waals surface area contributed by atoms with Crippen LogP contribution in [0.2, 0.25) is 0 Å². The summed E-state index contributed by atoms with van der Waals surface area (Å²) in [7, 11) is 0. The van der Waals surface area contributed by atoms with Crippen LogP contribution in [-0.2, 0) is 0 Å². The lowest BCUT2D eigenvalue weighted by Crippen LogP contribution is -2.40. The van der Waals surface area contributed by atoms with E-state index in [1.54, 1.807) is 0 Å². The molecule has 19 heavy (non-hydrogen) atoms. The molecule has 0 aliphatic heterocycles. The quantitative estimate of drug-likeness (QED) is 0.815. The van der Waals surface area contributed by atoms with E-state index in [0.717, 1.165) is 6.54 Å². The van der Waals surface area contributed by atoms with E-state index in [1.807, 2.05) is 0 Å². The minimum atomic E-state index is 0.470. The average molecular weight is 259 g/mol. The third kappa shape index (κ3) is 3.60. The van der Waals surface area contributed by atoms with Crippen LogP contribution in [0.5, 0.6) is 0 Å². The molecule has 106 valence electrons. The molecule has 0 saturated heterocycles. The summed E-state index contributed by atoms with van der Waals surface area (Å²) < 4.78 is 0. The lowest BCUT2D eigenvalue weighted by molar-refractivity contribution is 0.273. The minimum Gasteiger partial charge on any atom is -0.313 e. The van der Waals surface area contributed by atoms with Gasteiger partial charge in [0.15, 0.2) is 0 Å². The Bertz CT molecular complexity index is 380. The second kappa shape index (κ2) is 6.09. The molecule has 2 rings (SSSR count). The van der Waals surface area contributed by atoms with Crippen LogP contribution in [0.3, 0.4) is 0 Å². The lowest BCUT2D eigenvalue weighted by Gasteiger charge is -2.31. The summed E-state index contributed by atoms with van der Waals surface area (Å²) in [4.78, 5) is 0. The number of benzene rings is 1. The molecule has 2 unspecified atom stereocenters. The van der Waals surface area contributed by atoms with Crippen LogP contribution < -0.4 is 5.32 Å². The fraction of sp³-hybridized carbons (Fsp3) is 0.667. The van der Waals surface area contributed by atoms with Gasteiger partial charge in [0.25, 0.3) is 0 Å². The van der Waals surface area contributed by atoms with Crippen LogP contribution >= 0.6 is 0 Å². The van der Waals surface area contributed by atoms with Crippen molar-refractivity contribution >= 4 is 0 Å². The van der Waals surface area contributed by atoms with Crippen molar-refractivity contribution in [2.45, 2.75) is 58.9 Å². The van der Waals surface area contributed by atoms with Gasteiger partial charge in [-0.25, -0.2) is 0 Å². The molecule has 1 nitrogen and oxygen atoms in total. The van der Waals surface area contributed by atoms with Gasteiger partial charge in [0, 0.05) is 12.6 Å². The summed E-state index contributed by atoms with van der Waals surface area (Å²) in [6, 6.07) is 11.7. The van der Waals surface area contributed by atoms with Crippen LogP contribution in [0.15, 0.2) is 30.3 Å². The predicted molar refractivity (Wildman–Crippen MR) is 83.4 cm³/mol. The SMILES string of the molecule is CC(C)C(CNC1CCCC1(C)C)c1ccccc1. The van der Waals surface area contributed by atoms with E-state index in [2.05, 4.69) is 63.3 Å². The fourth-order valence-electron chi connectivity index (χ4n) is 3.41. The Labute approximate surface area is 118 Å². The Hall–Kier alpha value is -0.820. The summed E-state index contributed by atoms with van der Waals surface area (Å²) >= 11 is 0. The maximum atomic E-state index is 3.85. The Morgan fingerprint density at radius 1 is 1.21 bits per heavy atom. The van der Waals surface area contributed by atoms with Gasteiger partial charge in [0.2, 0.25) is 0 Å². The van der Waals surface area contributed by atoms with E-state index < -0.39 is 0 Å². The van der Waals surface area contributed by atoms with E-state index in [4.69, 9.17) is 0 Å². The molecule has 0 heterocycles. The van der Waals surface area contributed by atoms with Crippen molar-refractivity contribution in [3.63, 3.8) is 0 Å². The number of nitrogens with one attached hydrogen (secondary N) is 1. The molecular formula is C18H29N. The smallest absolute Gasteiger partial charge is 0.0118 e. The van der Waals surface area contributed by atoms with E-state index >= 15 is 0 Å². The van der Waals surface area contributed by atoms with Crippen LogP contribution in [0.4, 0.5) is 0 Å². The Kier molecular flexibility index (Phi) is 4.67. The Morgan fingerprint density at radius 2 is 1.89 bits per heavy atom. The highest BCUT2D eigenvalue weighted by Crippen LogP contribution is 2.37. The van der Waals surface area contributed by atoms with Gasteiger partial charge in [-0.15, -0.1) is 0 Å². The highest BCUT2D eigenvalue weighted by Gasteiger charge is 2.34. The zero-order valence-electron chi connectivity index (χ0n) is 12.9. The minimum absolute atomic E-state index is 0.470. The highest BCUT2D eigenvalue weighted by molar-refractivity contribution is 5.20. The molecule has 1 saturated carbocycles. The zero-order chi connectivity index (χ0) is 13.9. The standard InChI is InChI=1S/C18H29N/c1-14(2)16(15-9-6-5-7-10-15)13-19-17-11-8-12-18(17,3)4/h5-7,9-10,14,16-17,19H,8,11-13H2,1-4H3. The summed E-state index contributed by atoms with van der Waals surface area (Å²) in [5, 5.41) is 3.85. The van der Waals surface area contributed by atoms with Crippen molar-refractivity contribution in [3.8, 4) is 0 Å². The molecule has 1 aromatic rings. The number of hydrogen-bond acceptors (Lipinski definition) is 1. The summed E-state index contributed by atoms with van der Waals surface area (Å²) in [5.41, 5.74) is 1.94. The molecule has 2 atom stereocenters. The molecule has 1 aromatic carbocycles. The molecule has 1 N–H and O–H groups in total. The number of hydrogen-bond donors (Lipinski definition) is 1. The van der Waals surface area contributed by atoms with Crippen LogP contribution in [-0.4, -0.2) is 12.6 Å². The number of rotatable bonds is 5. The first kappa shape index (κ1) is 14.6. The summed E-state index contributed by atoms with van der Waals surface area (Å²) in [5.74, 6) is 1.30. The maximum absolute atomic E-state index is 3.85. The Balaban J connectivity index is 1.99. The second-order valence-corrected chi connectivity index (χ2v) is 7.10. The first-order chi connectivity index (χ1) is 9.00. The van der Waals surface area contributed by atoms with Crippen molar-refractivity contribution in [1.82, 2.24) is 5.32 Å². The lowest BCUT2D eigenvalue weighted by atomic mass is 9.85. The largest absolute Gasteiger partial charge is 0.313 e. The molecule has 0 bridgehead atoms.